The predicted octanol–water partition coefficient (Wildman–Crippen LogP) is 1.27. The number of aromatic nitrogens is 4. The number of nitrogen functional groups attached to an aromatic ring is 1. The van der Waals surface area contributed by atoms with Gasteiger partial charge in [0.15, 0.2) is 5.69 Å². The summed E-state index contributed by atoms with van der Waals surface area (Å²) in [5, 5.41) is 7.53. The Labute approximate surface area is 164 Å². The smallest absolute Gasteiger partial charge is 0.327 e. The van der Waals surface area contributed by atoms with Gasteiger partial charge in [-0.1, -0.05) is 0 Å². The number of azo groups is 1. The quantitative estimate of drug-likeness (QED) is 0.450. The molecule has 0 fully saturated rings. The molecule has 0 saturated carbocycles. The molecule has 0 unspecified atom stereocenters. The lowest BCUT2D eigenvalue weighted by atomic mass is 10.3. The molecule has 150 valence electrons. The minimum Gasteiger partial charge on any atom is -0.383 e. The molecular formula is C16H16N8O4S. The van der Waals surface area contributed by atoms with Gasteiger partial charge >= 0.3 is 5.69 Å². The maximum Gasteiger partial charge on any atom is 0.327 e. The molecular weight excluding hydrogens is 400 g/mol. The molecule has 0 bridgehead atoms. The van der Waals surface area contributed by atoms with Crippen molar-refractivity contribution in [2.45, 2.75) is 18.7 Å². The van der Waals surface area contributed by atoms with Crippen molar-refractivity contribution in [1.82, 2.24) is 19.9 Å². The second-order valence-electron chi connectivity index (χ2n) is 5.91. The van der Waals surface area contributed by atoms with Gasteiger partial charge in [0, 0.05) is 11.8 Å². The van der Waals surface area contributed by atoms with Crippen LogP contribution < -0.4 is 21.7 Å². The fraction of sp³-hybridized carbons (Fsp3) is 0.125. The lowest BCUT2D eigenvalue weighted by Crippen LogP contribution is -2.23. The van der Waals surface area contributed by atoms with E-state index >= 15 is 0 Å². The van der Waals surface area contributed by atoms with Crippen LogP contribution in [0.3, 0.4) is 0 Å². The van der Waals surface area contributed by atoms with E-state index in [-0.39, 0.29) is 27.9 Å². The Balaban J connectivity index is 1.82. The molecule has 0 radical (unpaired) electrons. The zero-order valence-electron chi connectivity index (χ0n) is 15.3. The normalized spacial score (nSPS) is 11.7. The summed E-state index contributed by atoms with van der Waals surface area (Å²) in [6.45, 7) is 3.39. The number of hydrogen-bond acceptors (Lipinski definition) is 9. The minimum atomic E-state index is -3.88. The number of anilines is 2. The molecule has 1 aromatic carbocycles. The Morgan fingerprint density at radius 3 is 2.34 bits per heavy atom. The number of hydrogen-bond donors (Lipinski definition) is 4. The van der Waals surface area contributed by atoms with Crippen LogP contribution in [0.2, 0.25) is 0 Å². The number of sulfonamides is 1. The van der Waals surface area contributed by atoms with Crippen LogP contribution in [0.15, 0.2) is 55.0 Å². The first-order valence-electron chi connectivity index (χ1n) is 8.13. The molecule has 0 atom stereocenters. The topological polar surface area (TPSA) is 188 Å². The van der Waals surface area contributed by atoms with E-state index in [1.165, 1.54) is 30.3 Å². The van der Waals surface area contributed by atoms with Crippen LogP contribution in [0.1, 0.15) is 11.5 Å². The first-order valence-corrected chi connectivity index (χ1v) is 9.61. The fourth-order valence-electron chi connectivity index (χ4n) is 2.36. The summed E-state index contributed by atoms with van der Waals surface area (Å²) < 4.78 is 27.4. The number of nitrogens with two attached hydrogens (primary N) is 1. The van der Waals surface area contributed by atoms with Crippen molar-refractivity contribution in [2.75, 3.05) is 10.5 Å². The monoisotopic (exact) mass is 416 g/mol. The highest BCUT2D eigenvalue weighted by molar-refractivity contribution is 7.92. The maximum atomic E-state index is 12.5. The number of aryl methyl sites for hydroxylation is 2. The van der Waals surface area contributed by atoms with Crippen molar-refractivity contribution >= 4 is 33.0 Å². The van der Waals surface area contributed by atoms with Crippen LogP contribution in [0, 0.1) is 13.8 Å². The van der Waals surface area contributed by atoms with Gasteiger partial charge in [-0.3, -0.25) is 19.5 Å². The fourth-order valence-corrected chi connectivity index (χ4v) is 3.35. The first-order chi connectivity index (χ1) is 13.6. The van der Waals surface area contributed by atoms with Gasteiger partial charge in [0.05, 0.1) is 10.6 Å². The highest BCUT2D eigenvalue weighted by atomic mass is 32.2. The number of H-pyrrole nitrogens is 2. The Bertz CT molecular complexity index is 1290. The molecule has 0 aliphatic rings. The van der Waals surface area contributed by atoms with Crippen molar-refractivity contribution in [3.8, 4) is 0 Å². The summed E-state index contributed by atoms with van der Waals surface area (Å²) in [5.74, 6) is 0.364. The van der Waals surface area contributed by atoms with E-state index in [9.17, 15) is 18.0 Å². The molecule has 2 aromatic heterocycles. The summed E-state index contributed by atoms with van der Waals surface area (Å²) in [4.78, 5) is 35.1. The van der Waals surface area contributed by atoms with Crippen molar-refractivity contribution in [2.24, 2.45) is 10.2 Å². The van der Waals surface area contributed by atoms with E-state index in [0.717, 1.165) is 0 Å². The van der Waals surface area contributed by atoms with E-state index in [1.807, 2.05) is 4.98 Å². The van der Waals surface area contributed by atoms with Gasteiger partial charge in [-0.25, -0.2) is 23.2 Å². The van der Waals surface area contributed by atoms with Gasteiger partial charge in [0.2, 0.25) is 0 Å². The molecule has 2 heterocycles. The van der Waals surface area contributed by atoms with Gasteiger partial charge in [0.1, 0.15) is 17.5 Å². The van der Waals surface area contributed by atoms with Crippen LogP contribution >= 0.6 is 0 Å². The average molecular weight is 416 g/mol. The van der Waals surface area contributed by atoms with Gasteiger partial charge in [-0.2, -0.15) is 5.11 Å². The average Bonchev–Trinajstić information content (AvgIpc) is 2.60. The van der Waals surface area contributed by atoms with Gasteiger partial charge < -0.3 is 5.73 Å². The minimum absolute atomic E-state index is 0.0215. The number of rotatable bonds is 5. The van der Waals surface area contributed by atoms with E-state index in [2.05, 4.69) is 29.9 Å². The van der Waals surface area contributed by atoms with Crippen molar-refractivity contribution in [3.63, 3.8) is 0 Å². The van der Waals surface area contributed by atoms with Crippen LogP contribution in [-0.2, 0) is 10.0 Å². The highest BCUT2D eigenvalue weighted by Gasteiger charge is 2.15. The first kappa shape index (κ1) is 19.9. The lowest BCUT2D eigenvalue weighted by molar-refractivity contribution is 0.601. The Kier molecular flexibility index (Phi) is 5.23. The Morgan fingerprint density at radius 2 is 1.72 bits per heavy atom. The number of nitrogens with one attached hydrogen (secondary N) is 3. The van der Waals surface area contributed by atoms with E-state index in [1.54, 1.807) is 13.8 Å². The molecule has 3 aromatic rings. The zero-order valence-corrected chi connectivity index (χ0v) is 16.1. The van der Waals surface area contributed by atoms with Crippen LogP contribution in [-0.4, -0.2) is 28.4 Å². The summed E-state index contributed by atoms with van der Waals surface area (Å²) in [6.07, 6.45) is 0. The molecule has 12 nitrogen and oxygen atoms in total. The summed E-state index contributed by atoms with van der Waals surface area (Å²) in [7, 11) is -3.88. The van der Waals surface area contributed by atoms with E-state index in [4.69, 9.17) is 5.73 Å². The van der Waals surface area contributed by atoms with Crippen LogP contribution in [0.5, 0.6) is 0 Å². The van der Waals surface area contributed by atoms with Gasteiger partial charge in [0.25, 0.3) is 15.6 Å². The number of benzene rings is 1. The molecule has 0 aliphatic heterocycles. The summed E-state index contributed by atoms with van der Waals surface area (Å²) in [6, 6.07) is 6.94. The Morgan fingerprint density at radius 1 is 1.03 bits per heavy atom. The second kappa shape index (κ2) is 7.63. The van der Waals surface area contributed by atoms with Crippen molar-refractivity contribution in [3.05, 3.63) is 62.7 Å². The van der Waals surface area contributed by atoms with E-state index < -0.39 is 21.3 Å². The predicted molar refractivity (Wildman–Crippen MR) is 105 cm³/mol. The molecule has 0 spiro atoms. The van der Waals surface area contributed by atoms with Gasteiger partial charge in [-0.05, 0) is 38.1 Å². The third kappa shape index (κ3) is 4.70. The summed E-state index contributed by atoms with van der Waals surface area (Å²) in [5.41, 5.74) is 4.60. The Hall–Kier alpha value is -3.87. The largest absolute Gasteiger partial charge is 0.383 e. The molecule has 5 N–H and O–H groups in total. The second-order valence-corrected chi connectivity index (χ2v) is 7.59. The lowest BCUT2D eigenvalue weighted by Gasteiger charge is -2.08. The van der Waals surface area contributed by atoms with E-state index in [0.29, 0.717) is 11.5 Å². The third-order valence-corrected chi connectivity index (χ3v) is 4.93. The molecule has 0 aliphatic carbocycles. The molecule has 29 heavy (non-hydrogen) atoms. The number of nitrogens with zero attached hydrogens (tertiary/aromatic N) is 4. The maximum absolute atomic E-state index is 12.5. The summed E-state index contributed by atoms with van der Waals surface area (Å²) >= 11 is 0. The molecule has 3 rings (SSSR count). The molecule has 0 saturated heterocycles. The number of aromatic amines is 2. The zero-order chi connectivity index (χ0) is 21.2. The van der Waals surface area contributed by atoms with Crippen LogP contribution in [0.25, 0.3) is 0 Å². The van der Waals surface area contributed by atoms with Crippen molar-refractivity contribution in [1.29, 1.82) is 0 Å². The standard InChI is InChI=1S/C16H16N8O4S/c1-8-7-12(19-9(2)18-8)24-29(27,28)11-5-3-10(4-6-11)22-23-13-14(17)20-16(26)21-15(13)25/h3-7H,1-2H3,(H,18,19,24)(H4,17,20,21,25,26). The third-order valence-electron chi connectivity index (χ3n) is 3.56. The molecule has 13 heteroatoms. The van der Waals surface area contributed by atoms with Crippen LogP contribution in [0.4, 0.5) is 23.0 Å². The molecule has 0 amide bonds. The highest BCUT2D eigenvalue weighted by Crippen LogP contribution is 2.21. The van der Waals surface area contributed by atoms with Crippen molar-refractivity contribution < 1.29 is 8.42 Å². The SMILES string of the molecule is Cc1cc(NS(=O)(=O)c2ccc(N=Nc3c(N)[nH]c(=O)[nH]c3=O)cc2)nc(C)n1. The van der Waals surface area contributed by atoms with Gasteiger partial charge in [-0.15, -0.1) is 5.11 Å².